The molecule has 166 valence electrons. The van der Waals surface area contributed by atoms with E-state index in [1.165, 1.54) is 0 Å². The molecular formula is C27H25N3O3. The maximum absolute atomic E-state index is 11.1. The van der Waals surface area contributed by atoms with Crippen molar-refractivity contribution in [3.05, 3.63) is 83.0 Å². The summed E-state index contributed by atoms with van der Waals surface area (Å²) in [5, 5.41) is 13.8. The van der Waals surface area contributed by atoms with Gasteiger partial charge in [0.2, 0.25) is 0 Å². The maximum atomic E-state index is 11.1. The van der Waals surface area contributed by atoms with Crippen LogP contribution in [0.2, 0.25) is 0 Å². The average Bonchev–Trinajstić information content (AvgIpc) is 3.20. The number of carboxylic acids is 1. The van der Waals surface area contributed by atoms with Crippen molar-refractivity contribution in [2.75, 3.05) is 0 Å². The van der Waals surface area contributed by atoms with E-state index in [1.807, 2.05) is 48.7 Å². The Hall–Kier alpha value is -4.11. The Morgan fingerprint density at radius 2 is 1.82 bits per heavy atom. The van der Waals surface area contributed by atoms with Crippen LogP contribution in [-0.4, -0.2) is 25.7 Å². The molecule has 4 aromatic rings. The van der Waals surface area contributed by atoms with Gasteiger partial charge in [0, 0.05) is 17.3 Å². The summed E-state index contributed by atoms with van der Waals surface area (Å²) in [6, 6.07) is 17.5. The normalized spacial score (nSPS) is 11.6. The second-order valence-electron chi connectivity index (χ2n) is 7.94. The first-order valence-electron chi connectivity index (χ1n) is 10.7. The van der Waals surface area contributed by atoms with Crippen molar-refractivity contribution >= 4 is 11.6 Å². The third-order valence-corrected chi connectivity index (χ3v) is 5.48. The van der Waals surface area contributed by atoms with Crippen LogP contribution in [0.4, 0.5) is 0 Å². The largest absolute Gasteiger partial charge is 0.489 e. The van der Waals surface area contributed by atoms with Gasteiger partial charge in [-0.25, -0.2) is 9.50 Å². The van der Waals surface area contributed by atoms with Gasteiger partial charge >= 0.3 is 5.97 Å². The molecule has 2 heterocycles. The van der Waals surface area contributed by atoms with Crippen LogP contribution in [0, 0.1) is 25.7 Å². The Kier molecular flexibility index (Phi) is 6.41. The molecule has 0 bridgehead atoms. The molecule has 2 aromatic carbocycles. The molecule has 33 heavy (non-hydrogen) atoms. The predicted octanol–water partition coefficient (Wildman–Crippen LogP) is 5.17. The summed E-state index contributed by atoms with van der Waals surface area (Å²) in [7, 11) is 0. The van der Waals surface area contributed by atoms with E-state index < -0.39 is 5.97 Å². The van der Waals surface area contributed by atoms with E-state index in [-0.39, 0.29) is 12.3 Å². The maximum Gasteiger partial charge on any atom is 0.304 e. The van der Waals surface area contributed by atoms with Crippen molar-refractivity contribution in [1.82, 2.24) is 14.6 Å². The molecule has 1 N–H and O–H groups in total. The molecule has 0 unspecified atom stereocenters. The summed E-state index contributed by atoms with van der Waals surface area (Å²) in [6.45, 7) is 6.22. The number of fused-ring (bicyclic) bond motifs is 1. The average molecular weight is 440 g/mol. The number of hydrogen-bond donors (Lipinski definition) is 1. The number of ether oxygens (including phenoxy) is 1. The van der Waals surface area contributed by atoms with Gasteiger partial charge in [-0.15, -0.1) is 11.0 Å². The Morgan fingerprint density at radius 3 is 2.48 bits per heavy atom. The fourth-order valence-corrected chi connectivity index (χ4v) is 3.85. The van der Waals surface area contributed by atoms with E-state index >= 15 is 0 Å². The van der Waals surface area contributed by atoms with E-state index in [1.54, 1.807) is 11.4 Å². The fourth-order valence-electron chi connectivity index (χ4n) is 3.85. The zero-order valence-electron chi connectivity index (χ0n) is 18.9. The zero-order chi connectivity index (χ0) is 23.4. The van der Waals surface area contributed by atoms with E-state index in [4.69, 9.17) is 9.84 Å². The highest BCUT2D eigenvalue weighted by molar-refractivity contribution is 5.69. The van der Waals surface area contributed by atoms with Gasteiger partial charge in [0.05, 0.1) is 12.3 Å². The fraction of sp³-hybridized carbons (Fsp3) is 0.222. The summed E-state index contributed by atoms with van der Waals surface area (Å²) < 4.78 is 7.71. The van der Waals surface area contributed by atoms with Crippen molar-refractivity contribution in [3.63, 3.8) is 0 Å². The number of carbonyl (C=O) groups is 1. The van der Waals surface area contributed by atoms with Gasteiger partial charge < -0.3 is 9.84 Å². The first kappa shape index (κ1) is 22.1. The van der Waals surface area contributed by atoms with E-state index in [2.05, 4.69) is 47.9 Å². The summed E-state index contributed by atoms with van der Waals surface area (Å²) in [5.74, 6) is 5.98. The van der Waals surface area contributed by atoms with Crippen LogP contribution >= 0.6 is 0 Å². The Bertz CT molecular complexity index is 1340. The van der Waals surface area contributed by atoms with Crippen molar-refractivity contribution in [2.45, 2.75) is 39.7 Å². The molecule has 2 aromatic heterocycles. The predicted molar refractivity (Wildman–Crippen MR) is 127 cm³/mol. The number of aliphatic carboxylic acids is 1. The number of hydrogen-bond acceptors (Lipinski definition) is 4. The molecule has 0 saturated carbocycles. The topological polar surface area (TPSA) is 76.7 Å². The molecule has 1 atom stereocenters. The van der Waals surface area contributed by atoms with Crippen molar-refractivity contribution in [3.8, 4) is 29.0 Å². The Balaban J connectivity index is 1.48. The van der Waals surface area contributed by atoms with E-state index in [9.17, 15) is 4.79 Å². The highest BCUT2D eigenvalue weighted by atomic mass is 16.5. The molecule has 0 aliphatic rings. The van der Waals surface area contributed by atoms with Gasteiger partial charge in [-0.3, -0.25) is 4.79 Å². The van der Waals surface area contributed by atoms with Gasteiger partial charge in [-0.2, -0.15) is 0 Å². The number of benzene rings is 2. The molecule has 0 amide bonds. The van der Waals surface area contributed by atoms with Crippen LogP contribution in [0.5, 0.6) is 5.75 Å². The number of pyridine rings is 1. The smallest absolute Gasteiger partial charge is 0.304 e. The summed E-state index contributed by atoms with van der Waals surface area (Å²) >= 11 is 0. The first-order valence-corrected chi connectivity index (χ1v) is 10.7. The molecule has 0 radical (unpaired) electrons. The Labute approximate surface area is 192 Å². The van der Waals surface area contributed by atoms with E-state index in [0.717, 1.165) is 33.5 Å². The molecule has 0 saturated heterocycles. The third-order valence-electron chi connectivity index (χ3n) is 5.48. The lowest BCUT2D eigenvalue weighted by Crippen LogP contribution is -2.04. The summed E-state index contributed by atoms with van der Waals surface area (Å²) in [5.41, 5.74) is 5.96. The van der Waals surface area contributed by atoms with E-state index in [0.29, 0.717) is 18.2 Å². The number of nitrogens with zero attached hydrogens (tertiary/aromatic N) is 3. The lowest BCUT2D eigenvalue weighted by atomic mass is 9.96. The summed E-state index contributed by atoms with van der Waals surface area (Å²) in [4.78, 5) is 15.8. The van der Waals surface area contributed by atoms with Gasteiger partial charge in [0.25, 0.3) is 0 Å². The first-order chi connectivity index (χ1) is 15.9. The standard InChI is InChI=1S/C27H25N3O3/c1-4-6-22(15-25(31)32)21-10-12-23(13-11-21)33-17-20-9-14-24-28-27(29-30(24)16-20)26-18(2)7-5-8-19(26)3/h5,7-14,16,22H,15,17H2,1-3H3,(H,31,32)/t22-/m1/s1. The lowest BCUT2D eigenvalue weighted by Gasteiger charge is -2.11. The minimum Gasteiger partial charge on any atom is -0.489 e. The van der Waals surface area contributed by atoms with Crippen molar-refractivity contribution < 1.29 is 14.6 Å². The Morgan fingerprint density at radius 1 is 1.09 bits per heavy atom. The number of aryl methyl sites for hydroxylation is 2. The van der Waals surface area contributed by atoms with Crippen molar-refractivity contribution in [2.24, 2.45) is 0 Å². The number of rotatable bonds is 7. The lowest BCUT2D eigenvalue weighted by molar-refractivity contribution is -0.137. The highest BCUT2D eigenvalue weighted by Crippen LogP contribution is 2.25. The molecule has 0 fully saturated rings. The SMILES string of the molecule is CC#C[C@H](CC(=O)O)c1ccc(OCc2ccc3nc(-c4c(C)cccc4C)nn3c2)cc1. The zero-order valence-corrected chi connectivity index (χ0v) is 18.9. The van der Waals surface area contributed by atoms with Gasteiger partial charge in [-0.1, -0.05) is 42.3 Å². The summed E-state index contributed by atoms with van der Waals surface area (Å²) in [6.07, 6.45) is 1.90. The van der Waals surface area contributed by atoms with Crippen LogP contribution in [0.1, 0.15) is 41.5 Å². The van der Waals surface area contributed by atoms with Crippen LogP contribution in [-0.2, 0) is 11.4 Å². The quantitative estimate of drug-likeness (QED) is 0.402. The van der Waals surface area contributed by atoms with Crippen LogP contribution in [0.3, 0.4) is 0 Å². The van der Waals surface area contributed by atoms with Gasteiger partial charge in [0.1, 0.15) is 12.4 Å². The third kappa shape index (κ3) is 5.04. The molecule has 6 heteroatoms. The second-order valence-corrected chi connectivity index (χ2v) is 7.94. The van der Waals surface area contributed by atoms with Crippen LogP contribution in [0.25, 0.3) is 17.0 Å². The van der Waals surface area contributed by atoms with Crippen LogP contribution < -0.4 is 4.74 Å². The number of aromatic nitrogens is 3. The molecule has 0 aliphatic heterocycles. The molecule has 0 aliphatic carbocycles. The molecular weight excluding hydrogens is 414 g/mol. The molecule has 6 nitrogen and oxygen atoms in total. The van der Waals surface area contributed by atoms with Crippen molar-refractivity contribution in [1.29, 1.82) is 0 Å². The highest BCUT2D eigenvalue weighted by Gasteiger charge is 2.14. The minimum absolute atomic E-state index is 0.0248. The van der Waals surface area contributed by atoms with Gasteiger partial charge in [-0.05, 0) is 55.7 Å². The molecule has 4 rings (SSSR count). The monoisotopic (exact) mass is 439 g/mol. The number of carboxylic acid groups (broad SMARTS) is 1. The second kappa shape index (κ2) is 9.58. The molecule has 0 spiro atoms. The van der Waals surface area contributed by atoms with Crippen LogP contribution in [0.15, 0.2) is 60.8 Å². The van der Waals surface area contributed by atoms with Gasteiger partial charge in [0.15, 0.2) is 11.5 Å². The minimum atomic E-state index is -0.868.